The number of unbranched alkanes of at least 4 members (excludes halogenated alkanes) is 5. The highest BCUT2D eigenvalue weighted by atomic mass is 16.5. The summed E-state index contributed by atoms with van der Waals surface area (Å²) in [7, 11) is 0. The van der Waals surface area contributed by atoms with Gasteiger partial charge in [-0.3, -0.25) is 4.79 Å². The minimum atomic E-state index is -0.487. The van der Waals surface area contributed by atoms with Crippen LogP contribution in [-0.4, -0.2) is 11.0 Å². The van der Waals surface area contributed by atoms with Crippen LogP contribution >= 0.6 is 0 Å². The van der Waals surface area contributed by atoms with Gasteiger partial charge in [-0.15, -0.1) is 0 Å². The summed E-state index contributed by atoms with van der Waals surface area (Å²) in [4.78, 5) is 27.3. The molecule has 0 aliphatic carbocycles. The predicted molar refractivity (Wildman–Crippen MR) is 83.9 cm³/mol. The Morgan fingerprint density at radius 2 is 1.95 bits per heavy atom. The van der Waals surface area contributed by atoms with Crippen molar-refractivity contribution in [3.8, 4) is 5.75 Å². The number of rotatable bonds is 8. The second-order valence-electron chi connectivity index (χ2n) is 5.31. The third-order valence-corrected chi connectivity index (χ3v) is 3.51. The number of aromatic nitrogens is 1. The van der Waals surface area contributed by atoms with Gasteiger partial charge >= 0.3 is 11.6 Å². The fourth-order valence-electron chi connectivity index (χ4n) is 2.28. The van der Waals surface area contributed by atoms with Crippen LogP contribution in [0.1, 0.15) is 51.9 Å². The predicted octanol–water partition coefficient (Wildman–Crippen LogP) is 3.84. The summed E-state index contributed by atoms with van der Waals surface area (Å²) in [5.74, 6) is 0.0758. The number of nitrogens with zero attached hydrogens (tertiary/aromatic N) is 1. The number of carbonyl (C=O) groups excluding carboxylic acids is 1. The Balaban J connectivity index is 1.84. The van der Waals surface area contributed by atoms with E-state index >= 15 is 0 Å². The summed E-state index contributed by atoms with van der Waals surface area (Å²) < 4.78 is 9.96. The molecule has 0 aliphatic heterocycles. The van der Waals surface area contributed by atoms with Crippen LogP contribution in [0.25, 0.3) is 10.9 Å². The van der Waals surface area contributed by atoms with Crippen molar-refractivity contribution in [2.75, 3.05) is 0 Å². The van der Waals surface area contributed by atoms with Gasteiger partial charge in [0.05, 0.1) is 10.9 Å². The molecule has 22 heavy (non-hydrogen) atoms. The van der Waals surface area contributed by atoms with E-state index in [0.29, 0.717) is 23.1 Å². The lowest BCUT2D eigenvalue weighted by atomic mass is 10.1. The van der Waals surface area contributed by atoms with Crippen molar-refractivity contribution in [3.63, 3.8) is 0 Å². The van der Waals surface area contributed by atoms with Gasteiger partial charge in [0.15, 0.2) is 6.39 Å². The summed E-state index contributed by atoms with van der Waals surface area (Å²) in [6.45, 7) is 2.18. The van der Waals surface area contributed by atoms with Gasteiger partial charge in [-0.1, -0.05) is 39.0 Å². The molecular formula is C17H21NO4. The molecule has 1 aromatic heterocycles. The van der Waals surface area contributed by atoms with Crippen LogP contribution in [0.4, 0.5) is 0 Å². The smallest absolute Gasteiger partial charge is 0.346 e. The molecule has 0 spiro atoms. The first kappa shape index (κ1) is 16.2. The highest BCUT2D eigenvalue weighted by Crippen LogP contribution is 2.17. The van der Waals surface area contributed by atoms with Crippen LogP contribution in [0.5, 0.6) is 5.75 Å². The number of fused-ring (bicyclic) bond motifs is 1. The van der Waals surface area contributed by atoms with E-state index in [0.717, 1.165) is 25.7 Å². The lowest BCUT2D eigenvalue weighted by Gasteiger charge is -2.05. The Morgan fingerprint density at radius 3 is 2.77 bits per heavy atom. The monoisotopic (exact) mass is 303 g/mol. The average Bonchev–Trinajstić information content (AvgIpc) is 2.51. The Hall–Kier alpha value is -2.17. The van der Waals surface area contributed by atoms with Crippen molar-refractivity contribution in [1.29, 1.82) is 0 Å². The minimum absolute atomic E-state index is 0.275. The molecule has 2 rings (SSSR count). The standard InChI is InChI=1S/C17H21NO4/c1-2-3-4-5-6-7-8-16(19)22-13-9-10-15-14(11-13)17(20)21-12-18-15/h9-12H,2-8H2,1H3. The first-order valence-corrected chi connectivity index (χ1v) is 7.79. The topological polar surface area (TPSA) is 69.4 Å². The molecule has 1 heterocycles. The second-order valence-corrected chi connectivity index (χ2v) is 5.31. The van der Waals surface area contributed by atoms with Gasteiger partial charge < -0.3 is 9.15 Å². The maximum Gasteiger partial charge on any atom is 0.346 e. The van der Waals surface area contributed by atoms with Crippen LogP contribution in [0, 0.1) is 0 Å². The Morgan fingerprint density at radius 1 is 1.18 bits per heavy atom. The highest BCUT2D eigenvalue weighted by molar-refractivity contribution is 5.80. The lowest BCUT2D eigenvalue weighted by molar-refractivity contribution is -0.134. The Kier molecular flexibility index (Phi) is 6.13. The molecule has 5 heteroatoms. The van der Waals surface area contributed by atoms with Crippen LogP contribution in [0.15, 0.2) is 33.8 Å². The third kappa shape index (κ3) is 4.69. The second kappa shape index (κ2) is 8.32. The molecule has 5 nitrogen and oxygen atoms in total. The van der Waals surface area contributed by atoms with E-state index in [2.05, 4.69) is 11.9 Å². The summed E-state index contributed by atoms with van der Waals surface area (Å²) in [5, 5.41) is 0.312. The van der Waals surface area contributed by atoms with E-state index < -0.39 is 5.63 Å². The van der Waals surface area contributed by atoms with Crippen molar-refractivity contribution in [2.45, 2.75) is 51.9 Å². The molecule has 0 bridgehead atoms. The van der Waals surface area contributed by atoms with Crippen molar-refractivity contribution in [3.05, 3.63) is 35.0 Å². The number of hydrogen-bond acceptors (Lipinski definition) is 5. The summed E-state index contributed by atoms with van der Waals surface area (Å²) in [6.07, 6.45) is 8.22. The van der Waals surface area contributed by atoms with Crippen molar-refractivity contribution < 1.29 is 13.9 Å². The van der Waals surface area contributed by atoms with Crippen LogP contribution in [-0.2, 0) is 4.79 Å². The normalized spacial score (nSPS) is 10.8. The molecule has 0 aliphatic rings. The van der Waals surface area contributed by atoms with E-state index in [4.69, 9.17) is 9.15 Å². The van der Waals surface area contributed by atoms with Crippen LogP contribution in [0.3, 0.4) is 0 Å². The van der Waals surface area contributed by atoms with E-state index in [9.17, 15) is 9.59 Å². The molecule has 0 fully saturated rings. The van der Waals surface area contributed by atoms with Crippen molar-refractivity contribution in [1.82, 2.24) is 4.98 Å². The maximum absolute atomic E-state index is 11.8. The lowest BCUT2D eigenvalue weighted by Crippen LogP contribution is -2.08. The molecule has 118 valence electrons. The first-order valence-electron chi connectivity index (χ1n) is 7.79. The van der Waals surface area contributed by atoms with Gasteiger partial charge in [0, 0.05) is 6.42 Å². The molecule has 1 aromatic carbocycles. The Labute approximate surface area is 129 Å². The number of carbonyl (C=O) groups is 1. The van der Waals surface area contributed by atoms with Gasteiger partial charge in [-0.25, -0.2) is 9.78 Å². The Bertz CT molecular complexity index is 678. The SMILES string of the molecule is CCCCCCCCC(=O)Oc1ccc2ncoc(=O)c2c1. The fraction of sp³-hybridized carbons (Fsp3) is 0.471. The quantitative estimate of drug-likeness (QED) is 0.421. The number of esters is 1. The molecule has 0 radical (unpaired) electrons. The largest absolute Gasteiger partial charge is 0.427 e. The van der Waals surface area contributed by atoms with E-state index in [1.54, 1.807) is 12.1 Å². The van der Waals surface area contributed by atoms with E-state index in [-0.39, 0.29) is 5.97 Å². The van der Waals surface area contributed by atoms with Crippen molar-refractivity contribution >= 4 is 16.9 Å². The zero-order valence-electron chi connectivity index (χ0n) is 12.8. The summed E-state index contributed by atoms with van der Waals surface area (Å²) >= 11 is 0. The van der Waals surface area contributed by atoms with Gasteiger partial charge in [-0.2, -0.15) is 0 Å². The molecule has 0 amide bonds. The maximum atomic E-state index is 11.8. The van der Waals surface area contributed by atoms with Crippen LogP contribution < -0.4 is 10.4 Å². The molecule has 0 unspecified atom stereocenters. The average molecular weight is 303 g/mol. The number of benzene rings is 1. The zero-order chi connectivity index (χ0) is 15.8. The van der Waals surface area contributed by atoms with Gasteiger partial charge in [-0.05, 0) is 24.6 Å². The molecule has 0 N–H and O–H groups in total. The molecule has 0 saturated heterocycles. The van der Waals surface area contributed by atoms with Gasteiger partial charge in [0.25, 0.3) is 0 Å². The highest BCUT2D eigenvalue weighted by Gasteiger charge is 2.08. The number of hydrogen-bond donors (Lipinski definition) is 0. The van der Waals surface area contributed by atoms with E-state index in [1.807, 2.05) is 0 Å². The zero-order valence-corrected chi connectivity index (χ0v) is 12.8. The van der Waals surface area contributed by atoms with Crippen molar-refractivity contribution in [2.24, 2.45) is 0 Å². The van der Waals surface area contributed by atoms with E-state index in [1.165, 1.54) is 25.3 Å². The van der Waals surface area contributed by atoms with Crippen LogP contribution in [0.2, 0.25) is 0 Å². The minimum Gasteiger partial charge on any atom is -0.427 e. The third-order valence-electron chi connectivity index (χ3n) is 3.51. The summed E-state index contributed by atoms with van der Waals surface area (Å²) in [6, 6.07) is 4.76. The summed E-state index contributed by atoms with van der Waals surface area (Å²) in [5.41, 5.74) is 0.0331. The molecular weight excluding hydrogens is 282 g/mol. The fourth-order valence-corrected chi connectivity index (χ4v) is 2.28. The van der Waals surface area contributed by atoms with Gasteiger partial charge in [0.2, 0.25) is 0 Å². The van der Waals surface area contributed by atoms with Gasteiger partial charge in [0.1, 0.15) is 5.75 Å². The number of ether oxygens (including phenoxy) is 1. The first-order chi connectivity index (χ1) is 10.7. The molecule has 0 saturated carbocycles. The molecule has 2 aromatic rings. The molecule has 0 atom stereocenters.